The Balaban J connectivity index is 2.82. The van der Waals surface area contributed by atoms with E-state index in [4.69, 9.17) is 10.00 Å². The molecule has 0 spiro atoms. The number of halogens is 1. The Hall–Kier alpha value is -1.54. The van der Waals surface area contributed by atoms with Crippen LogP contribution < -0.4 is 4.90 Å². The van der Waals surface area contributed by atoms with E-state index >= 15 is 0 Å². The van der Waals surface area contributed by atoms with Crippen molar-refractivity contribution in [2.45, 2.75) is 6.92 Å². The van der Waals surface area contributed by atoms with Gasteiger partial charge in [0, 0.05) is 17.2 Å². The minimum Gasteiger partial charge on any atom is -0.465 e. The molecule has 0 bridgehead atoms. The summed E-state index contributed by atoms with van der Waals surface area (Å²) in [5.41, 5.74) is 1.34. The fourth-order valence-electron chi connectivity index (χ4n) is 1.35. The molecular formula is C12H13BrN2O2. The molecule has 0 aliphatic carbocycles. The van der Waals surface area contributed by atoms with Crippen LogP contribution in [0.25, 0.3) is 0 Å². The number of nitrogens with zero attached hydrogens (tertiary/aromatic N) is 2. The predicted molar refractivity (Wildman–Crippen MR) is 68.8 cm³/mol. The van der Waals surface area contributed by atoms with Crippen LogP contribution in [-0.4, -0.2) is 26.2 Å². The quantitative estimate of drug-likeness (QED) is 0.800. The van der Waals surface area contributed by atoms with Crippen molar-refractivity contribution < 1.29 is 9.53 Å². The van der Waals surface area contributed by atoms with Crippen LogP contribution in [0.15, 0.2) is 22.7 Å². The van der Waals surface area contributed by atoms with E-state index in [1.54, 1.807) is 31.0 Å². The van der Waals surface area contributed by atoms with Gasteiger partial charge in [-0.15, -0.1) is 0 Å². The summed E-state index contributed by atoms with van der Waals surface area (Å²) in [5.74, 6) is -0.284. The fourth-order valence-corrected chi connectivity index (χ4v) is 1.83. The first kappa shape index (κ1) is 13.5. The Bertz CT molecular complexity index is 454. The van der Waals surface area contributed by atoms with Crippen LogP contribution >= 0.6 is 15.9 Å². The molecule has 4 nitrogen and oxygen atoms in total. The Labute approximate surface area is 109 Å². The SMILES string of the molecule is CCOC(=O)CN(C)c1cc(Br)cc(C#N)c1. The van der Waals surface area contributed by atoms with Gasteiger partial charge in [0.25, 0.3) is 0 Å². The average Bonchev–Trinajstić information content (AvgIpc) is 2.28. The van der Waals surface area contributed by atoms with Gasteiger partial charge in [-0.2, -0.15) is 5.26 Å². The first-order chi connectivity index (χ1) is 8.06. The molecule has 0 radical (unpaired) electrons. The molecule has 1 aromatic carbocycles. The van der Waals surface area contributed by atoms with Crippen molar-refractivity contribution in [3.05, 3.63) is 28.2 Å². The molecular weight excluding hydrogens is 284 g/mol. The lowest BCUT2D eigenvalue weighted by Gasteiger charge is -2.18. The molecule has 90 valence electrons. The molecule has 0 saturated heterocycles. The van der Waals surface area contributed by atoms with Crippen molar-refractivity contribution in [3.8, 4) is 6.07 Å². The van der Waals surface area contributed by atoms with Gasteiger partial charge in [0.05, 0.1) is 18.2 Å². The molecule has 1 rings (SSSR count). The van der Waals surface area contributed by atoms with Crippen LogP contribution in [-0.2, 0) is 9.53 Å². The number of hydrogen-bond acceptors (Lipinski definition) is 4. The Kier molecular flexibility index (Phi) is 4.98. The lowest BCUT2D eigenvalue weighted by atomic mass is 10.2. The number of hydrogen-bond donors (Lipinski definition) is 0. The van der Waals surface area contributed by atoms with E-state index in [2.05, 4.69) is 22.0 Å². The van der Waals surface area contributed by atoms with E-state index in [1.165, 1.54) is 0 Å². The fraction of sp³-hybridized carbons (Fsp3) is 0.333. The molecule has 0 saturated carbocycles. The van der Waals surface area contributed by atoms with Crippen LogP contribution in [0.3, 0.4) is 0 Å². The smallest absolute Gasteiger partial charge is 0.325 e. The van der Waals surface area contributed by atoms with E-state index in [0.29, 0.717) is 12.2 Å². The zero-order valence-corrected chi connectivity index (χ0v) is 11.3. The van der Waals surface area contributed by atoms with E-state index < -0.39 is 0 Å². The largest absolute Gasteiger partial charge is 0.465 e. The van der Waals surface area contributed by atoms with Crippen molar-refractivity contribution in [2.24, 2.45) is 0 Å². The summed E-state index contributed by atoms with van der Waals surface area (Å²) >= 11 is 3.33. The Morgan fingerprint density at radius 2 is 2.24 bits per heavy atom. The van der Waals surface area contributed by atoms with Gasteiger partial charge in [-0.1, -0.05) is 15.9 Å². The van der Waals surface area contributed by atoms with Crippen LogP contribution in [0, 0.1) is 11.3 Å². The molecule has 0 unspecified atom stereocenters. The van der Waals surface area contributed by atoms with Crippen LogP contribution in [0.5, 0.6) is 0 Å². The zero-order valence-electron chi connectivity index (χ0n) is 9.74. The summed E-state index contributed by atoms with van der Waals surface area (Å²) in [6.07, 6.45) is 0. The summed E-state index contributed by atoms with van der Waals surface area (Å²) in [5, 5.41) is 8.85. The summed E-state index contributed by atoms with van der Waals surface area (Å²) < 4.78 is 5.67. The lowest BCUT2D eigenvalue weighted by Crippen LogP contribution is -2.27. The summed E-state index contributed by atoms with van der Waals surface area (Å²) in [6.45, 7) is 2.30. The minimum atomic E-state index is -0.284. The third-order valence-corrected chi connectivity index (χ3v) is 2.58. The summed E-state index contributed by atoms with van der Waals surface area (Å²) in [4.78, 5) is 13.1. The molecule has 0 fully saturated rings. The monoisotopic (exact) mass is 296 g/mol. The summed E-state index contributed by atoms with van der Waals surface area (Å²) in [6, 6.07) is 7.37. The average molecular weight is 297 g/mol. The van der Waals surface area contributed by atoms with Gasteiger partial charge >= 0.3 is 5.97 Å². The lowest BCUT2D eigenvalue weighted by molar-refractivity contribution is -0.141. The molecule has 0 heterocycles. The highest BCUT2D eigenvalue weighted by molar-refractivity contribution is 9.10. The van der Waals surface area contributed by atoms with Crippen molar-refractivity contribution in [2.75, 3.05) is 25.1 Å². The van der Waals surface area contributed by atoms with Crippen LogP contribution in [0.2, 0.25) is 0 Å². The third-order valence-electron chi connectivity index (χ3n) is 2.12. The number of esters is 1. The maximum absolute atomic E-state index is 11.3. The van der Waals surface area contributed by atoms with Crippen LogP contribution in [0.4, 0.5) is 5.69 Å². The third kappa shape index (κ3) is 4.08. The molecule has 0 aromatic heterocycles. The van der Waals surface area contributed by atoms with Gasteiger partial charge in [-0.25, -0.2) is 0 Å². The Morgan fingerprint density at radius 1 is 1.53 bits per heavy atom. The van der Waals surface area contributed by atoms with Crippen molar-refractivity contribution in [1.82, 2.24) is 0 Å². The molecule has 0 atom stereocenters. The van der Waals surface area contributed by atoms with E-state index in [9.17, 15) is 4.79 Å². The molecule has 17 heavy (non-hydrogen) atoms. The standard InChI is InChI=1S/C12H13BrN2O2/c1-3-17-12(16)8-15(2)11-5-9(7-14)4-10(13)6-11/h4-6H,3,8H2,1-2H3. The number of likely N-dealkylation sites (N-methyl/N-ethyl adjacent to an activating group) is 1. The second kappa shape index (κ2) is 6.26. The first-order valence-corrected chi connectivity index (χ1v) is 5.93. The minimum absolute atomic E-state index is 0.162. The number of benzene rings is 1. The maximum Gasteiger partial charge on any atom is 0.325 e. The predicted octanol–water partition coefficient (Wildman–Crippen LogP) is 2.32. The van der Waals surface area contributed by atoms with Gasteiger partial charge in [-0.3, -0.25) is 4.79 Å². The second-order valence-corrected chi connectivity index (χ2v) is 4.39. The molecule has 0 amide bonds. The van der Waals surface area contributed by atoms with Crippen LogP contribution in [0.1, 0.15) is 12.5 Å². The molecule has 5 heteroatoms. The normalized spacial score (nSPS) is 9.53. The van der Waals surface area contributed by atoms with Gasteiger partial charge in [-0.05, 0) is 25.1 Å². The van der Waals surface area contributed by atoms with E-state index in [-0.39, 0.29) is 12.5 Å². The zero-order chi connectivity index (χ0) is 12.8. The highest BCUT2D eigenvalue weighted by atomic mass is 79.9. The van der Waals surface area contributed by atoms with Gasteiger partial charge in [0.2, 0.25) is 0 Å². The highest BCUT2D eigenvalue weighted by Gasteiger charge is 2.09. The number of nitriles is 1. The van der Waals surface area contributed by atoms with Crippen molar-refractivity contribution in [3.63, 3.8) is 0 Å². The van der Waals surface area contributed by atoms with Crippen molar-refractivity contribution >= 4 is 27.6 Å². The Morgan fingerprint density at radius 3 is 2.82 bits per heavy atom. The maximum atomic E-state index is 11.3. The first-order valence-electron chi connectivity index (χ1n) is 5.14. The second-order valence-electron chi connectivity index (χ2n) is 3.47. The van der Waals surface area contributed by atoms with Gasteiger partial charge < -0.3 is 9.64 Å². The number of anilines is 1. The van der Waals surface area contributed by atoms with Gasteiger partial charge in [0.1, 0.15) is 6.54 Å². The molecule has 0 aliphatic heterocycles. The number of carbonyl (C=O) groups is 1. The van der Waals surface area contributed by atoms with E-state index in [0.717, 1.165) is 10.2 Å². The molecule has 1 aromatic rings. The number of rotatable bonds is 4. The topological polar surface area (TPSA) is 53.3 Å². The highest BCUT2D eigenvalue weighted by Crippen LogP contribution is 2.21. The molecule has 0 aliphatic rings. The van der Waals surface area contributed by atoms with Gasteiger partial charge in [0.15, 0.2) is 0 Å². The van der Waals surface area contributed by atoms with Crippen molar-refractivity contribution in [1.29, 1.82) is 5.26 Å². The van der Waals surface area contributed by atoms with E-state index in [1.807, 2.05) is 6.07 Å². The summed E-state index contributed by atoms with van der Waals surface area (Å²) in [7, 11) is 1.78. The number of ether oxygens (including phenoxy) is 1. The molecule has 0 N–H and O–H groups in total. The number of carbonyl (C=O) groups excluding carboxylic acids is 1.